The third-order valence-electron chi connectivity index (χ3n) is 1.75. The molecule has 0 unspecified atom stereocenters. The lowest BCUT2D eigenvalue weighted by Gasteiger charge is -2.06. The molecule has 2 N–H and O–H groups in total. The van der Waals surface area contributed by atoms with Crippen LogP contribution >= 0.6 is 0 Å². The molecule has 0 aliphatic rings. The molecule has 0 saturated carbocycles. The van der Waals surface area contributed by atoms with E-state index < -0.39 is 12.2 Å². The van der Waals surface area contributed by atoms with Crippen molar-refractivity contribution in [2.45, 2.75) is 33.0 Å². The van der Waals surface area contributed by atoms with Crippen molar-refractivity contribution < 1.29 is 19.7 Å². The van der Waals surface area contributed by atoms with E-state index in [9.17, 15) is 9.90 Å². The minimum Gasteiger partial charge on any atom is -0.463 e. The van der Waals surface area contributed by atoms with Crippen LogP contribution in [-0.2, 0) is 9.53 Å². The van der Waals surface area contributed by atoms with E-state index in [1.165, 1.54) is 25.2 Å². The summed E-state index contributed by atoms with van der Waals surface area (Å²) in [6.45, 7) is 5.18. The predicted octanol–water partition coefficient (Wildman–Crippen LogP) is 0.794. The maximum Gasteiger partial charge on any atom is 0.333 e. The normalized spacial score (nSPS) is 16.5. The van der Waals surface area contributed by atoms with Gasteiger partial charge in [-0.2, -0.15) is 0 Å². The molecule has 0 aliphatic heterocycles. The molecule has 0 aromatic heterocycles. The van der Waals surface area contributed by atoms with Gasteiger partial charge in [0.1, 0.15) is 0 Å². The fourth-order valence-electron chi connectivity index (χ4n) is 0.788. The molecule has 0 heterocycles. The van der Waals surface area contributed by atoms with Crippen LogP contribution in [0.15, 0.2) is 23.8 Å². The van der Waals surface area contributed by atoms with Gasteiger partial charge in [0.25, 0.3) is 0 Å². The van der Waals surface area contributed by atoms with Crippen molar-refractivity contribution in [2.24, 2.45) is 0 Å². The zero-order valence-corrected chi connectivity index (χ0v) is 9.30. The van der Waals surface area contributed by atoms with Crippen molar-refractivity contribution in [3.8, 4) is 0 Å². The van der Waals surface area contributed by atoms with Crippen molar-refractivity contribution in [3.05, 3.63) is 23.8 Å². The second kappa shape index (κ2) is 7.20. The van der Waals surface area contributed by atoms with Gasteiger partial charge in [-0.3, -0.25) is 0 Å². The number of allylic oxidation sites excluding steroid dienone is 2. The molecule has 0 spiro atoms. The molecule has 4 heteroatoms. The van der Waals surface area contributed by atoms with Crippen molar-refractivity contribution >= 4 is 5.97 Å². The summed E-state index contributed by atoms with van der Waals surface area (Å²) in [7, 11) is 0. The van der Waals surface area contributed by atoms with Gasteiger partial charge in [-0.1, -0.05) is 18.2 Å². The Balaban J connectivity index is 4.21. The summed E-state index contributed by atoms with van der Waals surface area (Å²) in [6, 6.07) is 0. The molecule has 0 radical (unpaired) electrons. The highest BCUT2D eigenvalue weighted by molar-refractivity contribution is 5.88. The summed E-state index contributed by atoms with van der Waals surface area (Å²) < 4.78 is 4.76. The Kier molecular flexibility index (Phi) is 6.66. The van der Waals surface area contributed by atoms with Gasteiger partial charge in [-0.05, 0) is 20.8 Å². The van der Waals surface area contributed by atoms with Crippen LogP contribution in [-0.4, -0.2) is 35.0 Å². The molecule has 0 aromatic rings. The smallest absolute Gasteiger partial charge is 0.333 e. The molecule has 0 fully saturated rings. The number of aliphatic hydroxyl groups is 2. The highest BCUT2D eigenvalue weighted by Gasteiger charge is 2.05. The summed E-state index contributed by atoms with van der Waals surface area (Å²) >= 11 is 0. The van der Waals surface area contributed by atoms with Crippen molar-refractivity contribution in [1.29, 1.82) is 0 Å². The molecule has 0 rings (SSSR count). The quantitative estimate of drug-likeness (QED) is 0.403. The molecule has 0 saturated heterocycles. The van der Waals surface area contributed by atoms with E-state index in [1.807, 2.05) is 0 Å². The zero-order valence-electron chi connectivity index (χ0n) is 9.30. The Morgan fingerprint density at radius 2 is 2.07 bits per heavy atom. The van der Waals surface area contributed by atoms with E-state index in [4.69, 9.17) is 9.84 Å². The van der Waals surface area contributed by atoms with E-state index in [1.54, 1.807) is 13.8 Å². The summed E-state index contributed by atoms with van der Waals surface area (Å²) in [5.74, 6) is -0.381. The minimum absolute atomic E-state index is 0.337. The van der Waals surface area contributed by atoms with Crippen molar-refractivity contribution in [2.75, 3.05) is 6.61 Å². The number of esters is 1. The number of hydrogen-bond acceptors (Lipinski definition) is 4. The monoisotopic (exact) mass is 214 g/mol. The first-order chi connectivity index (χ1) is 6.99. The molecule has 0 aromatic carbocycles. The van der Waals surface area contributed by atoms with Crippen LogP contribution in [0.2, 0.25) is 0 Å². The van der Waals surface area contributed by atoms with Crippen LogP contribution in [0.1, 0.15) is 20.8 Å². The summed E-state index contributed by atoms with van der Waals surface area (Å²) in [6.07, 6.45) is 2.72. The number of carbonyl (C=O) groups excluding carboxylic acids is 1. The lowest BCUT2D eigenvalue weighted by molar-refractivity contribution is -0.138. The molecule has 15 heavy (non-hydrogen) atoms. The first kappa shape index (κ1) is 13.9. The lowest BCUT2D eigenvalue weighted by Crippen LogP contribution is -2.19. The standard InChI is InChI=1S/C11H18O4/c1-4-15-11(14)8(2)6-5-7-10(13)9(3)12/h5-7,9-10,12-13H,4H2,1-3H3/t9-,10-/m0/s1. The van der Waals surface area contributed by atoms with Crippen LogP contribution in [0.25, 0.3) is 0 Å². The highest BCUT2D eigenvalue weighted by atomic mass is 16.5. The van der Waals surface area contributed by atoms with Crippen LogP contribution in [0.3, 0.4) is 0 Å². The second-order valence-electron chi connectivity index (χ2n) is 3.19. The topological polar surface area (TPSA) is 66.8 Å². The number of carbonyl (C=O) groups is 1. The van der Waals surface area contributed by atoms with E-state index in [0.29, 0.717) is 12.2 Å². The second-order valence-corrected chi connectivity index (χ2v) is 3.19. The molecule has 0 amide bonds. The van der Waals surface area contributed by atoms with Crippen LogP contribution in [0.5, 0.6) is 0 Å². The molecule has 0 bridgehead atoms. The average molecular weight is 214 g/mol. The molecule has 2 atom stereocenters. The number of rotatable bonds is 5. The summed E-state index contributed by atoms with van der Waals surface area (Å²) in [5.41, 5.74) is 0.450. The van der Waals surface area contributed by atoms with Gasteiger partial charge in [-0.25, -0.2) is 4.79 Å². The Morgan fingerprint density at radius 1 is 1.47 bits per heavy atom. The predicted molar refractivity (Wildman–Crippen MR) is 57.2 cm³/mol. The Morgan fingerprint density at radius 3 is 2.53 bits per heavy atom. The maximum atomic E-state index is 11.1. The fraction of sp³-hybridized carbons (Fsp3) is 0.545. The van der Waals surface area contributed by atoms with Gasteiger partial charge in [0, 0.05) is 5.57 Å². The van der Waals surface area contributed by atoms with Gasteiger partial charge < -0.3 is 14.9 Å². The zero-order chi connectivity index (χ0) is 11.8. The Bertz CT molecular complexity index is 253. The molecular weight excluding hydrogens is 196 g/mol. The number of aliphatic hydroxyl groups excluding tert-OH is 2. The van der Waals surface area contributed by atoms with Gasteiger partial charge in [0.2, 0.25) is 0 Å². The number of ether oxygens (including phenoxy) is 1. The van der Waals surface area contributed by atoms with E-state index >= 15 is 0 Å². The van der Waals surface area contributed by atoms with Crippen LogP contribution in [0.4, 0.5) is 0 Å². The van der Waals surface area contributed by atoms with Crippen LogP contribution in [0, 0.1) is 0 Å². The average Bonchev–Trinajstić information content (AvgIpc) is 2.17. The van der Waals surface area contributed by atoms with E-state index in [2.05, 4.69) is 0 Å². The molecule has 4 nitrogen and oxygen atoms in total. The Hall–Kier alpha value is -1.13. The maximum absolute atomic E-state index is 11.1. The minimum atomic E-state index is -0.920. The third kappa shape index (κ3) is 6.04. The highest BCUT2D eigenvalue weighted by Crippen LogP contribution is 1.99. The first-order valence-electron chi connectivity index (χ1n) is 4.87. The summed E-state index contributed by atoms with van der Waals surface area (Å²) in [4.78, 5) is 11.1. The van der Waals surface area contributed by atoms with Crippen molar-refractivity contribution in [1.82, 2.24) is 0 Å². The Labute approximate surface area is 89.9 Å². The van der Waals surface area contributed by atoms with Gasteiger partial charge in [0.15, 0.2) is 0 Å². The van der Waals surface area contributed by atoms with E-state index in [-0.39, 0.29) is 5.97 Å². The molecule has 86 valence electrons. The van der Waals surface area contributed by atoms with Gasteiger partial charge in [0.05, 0.1) is 18.8 Å². The van der Waals surface area contributed by atoms with Gasteiger partial charge in [-0.15, -0.1) is 0 Å². The number of hydrogen-bond donors (Lipinski definition) is 2. The third-order valence-corrected chi connectivity index (χ3v) is 1.75. The van der Waals surface area contributed by atoms with Gasteiger partial charge >= 0.3 is 5.97 Å². The SMILES string of the molecule is CCOC(=O)C(C)=CC=C[C@H](O)[C@H](C)O. The molecular formula is C11H18O4. The van der Waals surface area contributed by atoms with Crippen molar-refractivity contribution in [3.63, 3.8) is 0 Å². The molecule has 0 aliphatic carbocycles. The lowest BCUT2D eigenvalue weighted by atomic mass is 10.2. The van der Waals surface area contributed by atoms with Crippen LogP contribution < -0.4 is 0 Å². The fourth-order valence-corrected chi connectivity index (χ4v) is 0.788. The first-order valence-corrected chi connectivity index (χ1v) is 4.87. The van der Waals surface area contributed by atoms with E-state index in [0.717, 1.165) is 0 Å². The largest absolute Gasteiger partial charge is 0.463 e. The summed E-state index contributed by atoms with van der Waals surface area (Å²) in [5, 5.41) is 18.2.